The molecule has 0 bridgehead atoms. The van der Waals surface area contributed by atoms with Crippen molar-refractivity contribution in [2.45, 2.75) is 39.7 Å². The Morgan fingerprint density at radius 2 is 1.24 bits per heavy atom. The smallest absolute Gasteiger partial charge is 0.416 e. The quantitative estimate of drug-likeness (QED) is 0.149. The summed E-state index contributed by atoms with van der Waals surface area (Å²) in [6.45, 7) is 11.1. The second-order valence-corrected chi connectivity index (χ2v) is 20.9. The highest BCUT2D eigenvalue weighted by Gasteiger charge is 2.55. The van der Waals surface area contributed by atoms with Gasteiger partial charge in [-0.15, -0.1) is 11.3 Å². The number of aromatic nitrogens is 1. The van der Waals surface area contributed by atoms with Crippen LogP contribution in [0.25, 0.3) is 11.1 Å². The van der Waals surface area contributed by atoms with Crippen molar-refractivity contribution in [1.82, 2.24) is 23.7 Å². The molecule has 5 rings (SSSR count). The van der Waals surface area contributed by atoms with Gasteiger partial charge in [0, 0.05) is 26.2 Å². The number of hydrogen-bond acceptors (Lipinski definition) is 7. The van der Waals surface area contributed by atoms with Gasteiger partial charge in [-0.1, -0.05) is 52.0 Å². The van der Waals surface area contributed by atoms with Crippen molar-refractivity contribution < 1.29 is 36.3 Å². The van der Waals surface area contributed by atoms with Crippen LogP contribution in [0.4, 0.5) is 13.2 Å². The molecule has 0 aliphatic carbocycles. The summed E-state index contributed by atoms with van der Waals surface area (Å²) in [6, 6.07) is 12.1. The van der Waals surface area contributed by atoms with Gasteiger partial charge < -0.3 is 9.47 Å². The molecule has 270 valence electrons. The molecule has 0 N–H and O–H groups in total. The number of nitrogens with zero attached hydrogens (tertiary/aromatic N) is 5. The number of thiazole rings is 1. The number of ether oxygens (including phenoxy) is 2. The molecule has 1 unspecified atom stereocenters. The van der Waals surface area contributed by atoms with Crippen molar-refractivity contribution >= 4 is 26.5 Å². The lowest BCUT2D eigenvalue weighted by Gasteiger charge is -2.51. The summed E-state index contributed by atoms with van der Waals surface area (Å²) in [6.07, 6.45) is -4.38. The summed E-state index contributed by atoms with van der Waals surface area (Å²) in [5, 5.41) is 2.14. The van der Waals surface area contributed by atoms with Crippen LogP contribution in [0, 0.1) is 10.8 Å². The predicted molar refractivity (Wildman–Crippen MR) is 187 cm³/mol. The number of hydrogen-bond donors (Lipinski definition) is 0. The number of rotatable bonds is 10. The number of benzene rings is 2. The monoisotopic (exact) mass is 743 g/mol. The number of halogens is 3. The maximum Gasteiger partial charge on any atom is 0.416 e. The summed E-state index contributed by atoms with van der Waals surface area (Å²) < 4.78 is 93.7. The zero-order chi connectivity index (χ0) is 36.0. The molecule has 2 saturated heterocycles. The molecular formula is C33H46F3N5O5P2S. The normalized spacial score (nSPS) is 22.1. The Morgan fingerprint density at radius 3 is 1.76 bits per heavy atom. The Morgan fingerprint density at radius 1 is 0.776 bits per heavy atom. The zero-order valence-corrected chi connectivity index (χ0v) is 31.8. The van der Waals surface area contributed by atoms with Crippen molar-refractivity contribution in [3.63, 3.8) is 0 Å². The Hall–Kier alpha value is -2.28. The molecule has 2 aliphatic heterocycles. The molecule has 16 heteroatoms. The molecule has 0 saturated carbocycles. The second kappa shape index (κ2) is 14.0. The van der Waals surface area contributed by atoms with E-state index in [2.05, 4.69) is 32.7 Å². The van der Waals surface area contributed by atoms with Gasteiger partial charge in [-0.3, -0.25) is 13.7 Å². The van der Waals surface area contributed by atoms with Crippen LogP contribution in [0.5, 0.6) is 11.6 Å². The largest absolute Gasteiger partial charge is 0.490 e. The molecule has 0 amide bonds. The van der Waals surface area contributed by atoms with E-state index in [1.54, 1.807) is 53.1 Å². The molecule has 2 aliphatic rings. The molecule has 0 spiro atoms. The van der Waals surface area contributed by atoms with Gasteiger partial charge in [-0.05, 0) is 74.4 Å². The van der Waals surface area contributed by atoms with E-state index in [1.807, 2.05) is 23.4 Å². The minimum atomic E-state index is -4.38. The standard InChI is InChI=1S/C33H46F3N5O5P2S/c1-31(2)20-38(5)47(42,39(6)21-31)30(46-48(43)40(7)22-32(3,4)23-41(48)8)29-37-28(19-49-29)45-18-17-44-27-15-11-25(12-16-27)24-9-13-26(14-10-24)33(34,35)36/h9-16,19,30H,17-18,20-23H2,1-8H3. The maximum atomic E-state index is 15.1. The van der Waals surface area contributed by atoms with Crippen LogP contribution in [0.2, 0.25) is 0 Å². The van der Waals surface area contributed by atoms with Crippen LogP contribution >= 0.6 is 26.5 Å². The van der Waals surface area contributed by atoms with Crippen molar-refractivity contribution in [3.8, 4) is 22.8 Å². The molecule has 2 aromatic carbocycles. The highest BCUT2D eigenvalue weighted by Crippen LogP contribution is 2.72. The van der Waals surface area contributed by atoms with Crippen molar-refractivity contribution in [2.24, 2.45) is 10.8 Å². The maximum absolute atomic E-state index is 15.1. The van der Waals surface area contributed by atoms with Crippen molar-refractivity contribution in [2.75, 3.05) is 67.6 Å². The Bertz CT molecular complexity index is 1670. The SMILES string of the molecule is CN1CC(C)(C)CN(C)P1(=O)OC(c1nc(OCCOc2ccc(-c3ccc(C(F)(F)F)cc3)cc2)cs1)P1(=O)N(C)CC(C)(C)CN1C. The highest BCUT2D eigenvalue weighted by atomic mass is 32.1. The van der Waals surface area contributed by atoms with E-state index in [0.29, 0.717) is 48.4 Å². The summed E-state index contributed by atoms with van der Waals surface area (Å²) in [5.74, 6) is -0.198. The van der Waals surface area contributed by atoms with E-state index < -0.39 is 32.7 Å². The third-order valence-electron chi connectivity index (χ3n) is 8.73. The third-order valence-corrected chi connectivity index (χ3v) is 15.6. The Labute approximate surface area is 291 Å². The average Bonchev–Trinajstić information content (AvgIpc) is 3.47. The fourth-order valence-corrected chi connectivity index (χ4v) is 14.0. The van der Waals surface area contributed by atoms with Crippen LogP contribution in [-0.2, 0) is 19.8 Å². The predicted octanol–water partition coefficient (Wildman–Crippen LogP) is 8.41. The molecule has 3 aromatic rings. The fourth-order valence-electron chi connectivity index (χ4n) is 6.73. The lowest BCUT2D eigenvalue weighted by Crippen LogP contribution is -2.49. The number of alkyl halides is 3. The average molecular weight is 744 g/mol. The van der Waals surface area contributed by atoms with Crippen LogP contribution in [-0.4, -0.2) is 91.2 Å². The van der Waals surface area contributed by atoms with Gasteiger partial charge in [0.1, 0.15) is 24.0 Å². The van der Waals surface area contributed by atoms with E-state index >= 15 is 4.57 Å². The third kappa shape index (κ3) is 8.28. The molecule has 10 nitrogen and oxygen atoms in total. The van der Waals surface area contributed by atoms with Gasteiger partial charge in [0.05, 0.1) is 10.9 Å². The van der Waals surface area contributed by atoms with Crippen LogP contribution in [0.15, 0.2) is 53.9 Å². The van der Waals surface area contributed by atoms with Gasteiger partial charge >= 0.3 is 13.8 Å². The summed E-state index contributed by atoms with van der Waals surface area (Å²) in [5.41, 5.74) is 0.507. The van der Waals surface area contributed by atoms with Gasteiger partial charge in [-0.2, -0.15) is 13.2 Å². The van der Waals surface area contributed by atoms with Crippen LogP contribution in [0.3, 0.4) is 0 Å². The van der Waals surface area contributed by atoms with Gasteiger partial charge in [0.25, 0.3) is 7.44 Å². The first-order chi connectivity index (χ1) is 22.7. The molecule has 3 heterocycles. The van der Waals surface area contributed by atoms with Crippen molar-refractivity contribution in [1.29, 1.82) is 0 Å². The van der Waals surface area contributed by atoms with Gasteiger partial charge in [0.15, 0.2) is 5.85 Å². The summed E-state index contributed by atoms with van der Waals surface area (Å²) in [7, 11) is 0.164. The topological polar surface area (TPSA) is 87.7 Å². The Balaban J connectivity index is 1.27. The molecule has 1 aromatic heterocycles. The van der Waals surface area contributed by atoms with E-state index in [-0.39, 0.29) is 24.0 Å². The van der Waals surface area contributed by atoms with E-state index in [9.17, 15) is 17.7 Å². The lowest BCUT2D eigenvalue weighted by atomic mass is 9.93. The first-order valence-corrected chi connectivity index (χ1v) is 20.1. The molecule has 2 fully saturated rings. The van der Waals surface area contributed by atoms with Crippen molar-refractivity contribution in [3.05, 3.63) is 64.5 Å². The minimum absolute atomic E-state index is 0.110. The molecule has 1 atom stereocenters. The Kier molecular flexibility index (Phi) is 10.9. The molecule has 49 heavy (non-hydrogen) atoms. The van der Waals surface area contributed by atoms with Gasteiger partial charge in [-0.25, -0.2) is 23.7 Å². The lowest BCUT2D eigenvalue weighted by molar-refractivity contribution is -0.137. The second-order valence-electron chi connectivity index (χ2n) is 14.4. The molecular weight excluding hydrogens is 697 g/mol. The van der Waals surface area contributed by atoms with E-state index in [1.165, 1.54) is 23.5 Å². The highest BCUT2D eigenvalue weighted by molar-refractivity contribution is 7.61. The first-order valence-electron chi connectivity index (χ1n) is 16.0. The zero-order valence-electron chi connectivity index (χ0n) is 29.2. The summed E-state index contributed by atoms with van der Waals surface area (Å²) in [4.78, 5) is 4.68. The van der Waals surface area contributed by atoms with Crippen LogP contribution < -0.4 is 9.47 Å². The fraction of sp³-hybridized carbons (Fsp3) is 0.545. The minimum Gasteiger partial charge on any atom is -0.490 e. The van der Waals surface area contributed by atoms with E-state index in [0.717, 1.165) is 17.7 Å². The summed E-state index contributed by atoms with van der Waals surface area (Å²) >= 11 is 1.25. The van der Waals surface area contributed by atoms with Gasteiger partial charge in [0.2, 0.25) is 5.88 Å². The van der Waals surface area contributed by atoms with Crippen LogP contribution in [0.1, 0.15) is 44.1 Å². The van der Waals surface area contributed by atoms with E-state index in [4.69, 9.17) is 14.0 Å². The molecule has 0 radical (unpaired) electrons. The first kappa shape index (κ1) is 38.0.